The van der Waals surface area contributed by atoms with Gasteiger partial charge in [-0.15, -0.1) is 0 Å². The van der Waals surface area contributed by atoms with Crippen LogP contribution in [0.4, 0.5) is 0 Å². The Bertz CT molecular complexity index is 863. The normalized spacial score (nSPS) is 13.8. The van der Waals surface area contributed by atoms with Crippen LogP contribution < -0.4 is 10.6 Å². The predicted molar refractivity (Wildman–Crippen MR) is 93.0 cm³/mol. The molecule has 124 valence electrons. The molecule has 3 heterocycles. The molecular formula is C18H21N5O. The van der Waals surface area contributed by atoms with Gasteiger partial charge < -0.3 is 15.6 Å². The second kappa shape index (κ2) is 6.49. The molecule has 0 spiro atoms. The number of H-pyrrole nitrogens is 2. The van der Waals surface area contributed by atoms with Crippen LogP contribution in [0.3, 0.4) is 0 Å². The number of para-hydroxylation sites is 1. The third-order valence-electron chi connectivity index (χ3n) is 4.60. The Kier molecular flexibility index (Phi) is 4.04. The predicted octanol–water partition coefficient (Wildman–Crippen LogP) is 1.90. The minimum atomic E-state index is -0.0878. The third-order valence-corrected chi connectivity index (χ3v) is 4.60. The summed E-state index contributed by atoms with van der Waals surface area (Å²) in [6.07, 6.45) is 4.79. The molecule has 1 aliphatic rings. The van der Waals surface area contributed by atoms with E-state index in [4.69, 9.17) is 0 Å². The molecule has 0 fully saturated rings. The first kappa shape index (κ1) is 15.0. The van der Waals surface area contributed by atoms with Crippen molar-refractivity contribution >= 4 is 16.8 Å². The number of nitrogens with zero attached hydrogens (tertiary/aromatic N) is 1. The standard InChI is InChI=1S/C18H21N5O/c24-18(17-14-11-19-9-7-16(14)22-23-17)20-8-3-4-12-10-21-15-6-2-1-5-13(12)15/h1-2,5-6,10,19,21H,3-4,7-9,11H2,(H,20,24)(H,22,23). The number of aromatic nitrogens is 3. The lowest BCUT2D eigenvalue weighted by Gasteiger charge is -2.12. The van der Waals surface area contributed by atoms with Crippen LogP contribution in [0.15, 0.2) is 30.5 Å². The van der Waals surface area contributed by atoms with E-state index < -0.39 is 0 Å². The van der Waals surface area contributed by atoms with E-state index in [1.165, 1.54) is 10.9 Å². The largest absolute Gasteiger partial charge is 0.361 e. The van der Waals surface area contributed by atoms with Crippen LogP contribution in [0.1, 0.15) is 33.7 Å². The molecule has 0 bridgehead atoms. The van der Waals surface area contributed by atoms with Crippen LogP contribution in [-0.4, -0.2) is 34.2 Å². The fourth-order valence-electron chi connectivity index (χ4n) is 3.32. The number of nitrogens with one attached hydrogen (secondary N) is 4. The van der Waals surface area contributed by atoms with Crippen molar-refractivity contribution in [3.63, 3.8) is 0 Å². The van der Waals surface area contributed by atoms with Crippen molar-refractivity contribution in [2.75, 3.05) is 13.1 Å². The monoisotopic (exact) mass is 323 g/mol. The molecule has 0 saturated heterocycles. The van der Waals surface area contributed by atoms with Gasteiger partial charge in [-0.2, -0.15) is 5.10 Å². The number of aromatic amines is 2. The van der Waals surface area contributed by atoms with Gasteiger partial charge in [0, 0.05) is 54.4 Å². The Morgan fingerprint density at radius 1 is 1.29 bits per heavy atom. The number of hydrogen-bond donors (Lipinski definition) is 4. The molecule has 0 radical (unpaired) electrons. The molecule has 0 unspecified atom stereocenters. The number of fused-ring (bicyclic) bond motifs is 2. The number of amides is 1. The van der Waals surface area contributed by atoms with Gasteiger partial charge in [-0.1, -0.05) is 18.2 Å². The molecule has 24 heavy (non-hydrogen) atoms. The summed E-state index contributed by atoms with van der Waals surface area (Å²) in [5.74, 6) is -0.0878. The summed E-state index contributed by atoms with van der Waals surface area (Å²) in [6, 6.07) is 8.29. The van der Waals surface area contributed by atoms with Gasteiger partial charge in [0.2, 0.25) is 0 Å². The van der Waals surface area contributed by atoms with Crippen molar-refractivity contribution in [2.45, 2.75) is 25.8 Å². The average Bonchev–Trinajstić information content (AvgIpc) is 3.23. The highest BCUT2D eigenvalue weighted by Crippen LogP contribution is 2.19. The Morgan fingerprint density at radius 3 is 3.17 bits per heavy atom. The number of aryl methyl sites for hydroxylation is 1. The van der Waals surface area contributed by atoms with E-state index in [1.54, 1.807) is 0 Å². The average molecular weight is 323 g/mol. The molecule has 4 N–H and O–H groups in total. The van der Waals surface area contributed by atoms with Crippen molar-refractivity contribution in [3.8, 4) is 0 Å². The van der Waals surface area contributed by atoms with Gasteiger partial charge >= 0.3 is 0 Å². The molecule has 0 saturated carbocycles. The first-order chi connectivity index (χ1) is 11.8. The molecule has 1 amide bonds. The first-order valence-electron chi connectivity index (χ1n) is 8.43. The highest BCUT2D eigenvalue weighted by atomic mass is 16.1. The van der Waals surface area contributed by atoms with Gasteiger partial charge in [-0.25, -0.2) is 0 Å². The van der Waals surface area contributed by atoms with Crippen LogP contribution in [0.25, 0.3) is 10.9 Å². The summed E-state index contributed by atoms with van der Waals surface area (Å²) in [4.78, 5) is 15.6. The van der Waals surface area contributed by atoms with Gasteiger partial charge in [0.15, 0.2) is 5.69 Å². The van der Waals surface area contributed by atoms with Gasteiger partial charge in [0.25, 0.3) is 5.91 Å². The zero-order valence-electron chi connectivity index (χ0n) is 13.5. The highest BCUT2D eigenvalue weighted by Gasteiger charge is 2.21. The van der Waals surface area contributed by atoms with E-state index in [-0.39, 0.29) is 5.91 Å². The van der Waals surface area contributed by atoms with Gasteiger partial charge in [0.05, 0.1) is 0 Å². The maximum absolute atomic E-state index is 12.3. The Morgan fingerprint density at radius 2 is 2.21 bits per heavy atom. The molecule has 3 aromatic rings. The van der Waals surface area contributed by atoms with E-state index in [0.29, 0.717) is 18.8 Å². The quantitative estimate of drug-likeness (QED) is 0.541. The van der Waals surface area contributed by atoms with Crippen LogP contribution in [-0.2, 0) is 19.4 Å². The zero-order valence-corrected chi connectivity index (χ0v) is 13.5. The second-order valence-electron chi connectivity index (χ2n) is 6.18. The molecule has 6 nitrogen and oxygen atoms in total. The molecule has 0 aliphatic carbocycles. The summed E-state index contributed by atoms with van der Waals surface area (Å²) in [7, 11) is 0. The molecule has 2 aromatic heterocycles. The Hall–Kier alpha value is -2.60. The zero-order chi connectivity index (χ0) is 16.4. The van der Waals surface area contributed by atoms with Gasteiger partial charge in [-0.05, 0) is 24.5 Å². The van der Waals surface area contributed by atoms with E-state index in [9.17, 15) is 4.79 Å². The number of rotatable bonds is 5. The van der Waals surface area contributed by atoms with Crippen molar-refractivity contribution < 1.29 is 4.79 Å². The second-order valence-corrected chi connectivity index (χ2v) is 6.18. The molecule has 4 rings (SSSR count). The topological polar surface area (TPSA) is 85.6 Å². The lowest BCUT2D eigenvalue weighted by atomic mass is 10.1. The molecule has 0 atom stereocenters. The molecule has 1 aromatic carbocycles. The fraction of sp³-hybridized carbons (Fsp3) is 0.333. The van der Waals surface area contributed by atoms with Crippen molar-refractivity contribution in [3.05, 3.63) is 53.0 Å². The van der Waals surface area contributed by atoms with Crippen molar-refractivity contribution in [2.24, 2.45) is 0 Å². The minimum absolute atomic E-state index is 0.0878. The first-order valence-corrected chi connectivity index (χ1v) is 8.43. The van der Waals surface area contributed by atoms with E-state index >= 15 is 0 Å². The third kappa shape index (κ3) is 2.80. The van der Waals surface area contributed by atoms with Gasteiger partial charge in [0.1, 0.15) is 0 Å². The fourth-order valence-corrected chi connectivity index (χ4v) is 3.32. The van der Waals surface area contributed by atoms with Crippen molar-refractivity contribution in [1.29, 1.82) is 0 Å². The smallest absolute Gasteiger partial charge is 0.272 e. The SMILES string of the molecule is O=C(NCCCc1c[nH]c2ccccc12)c1n[nH]c2c1CNCC2. The van der Waals surface area contributed by atoms with Crippen LogP contribution in [0.2, 0.25) is 0 Å². The number of carbonyl (C=O) groups is 1. The summed E-state index contributed by atoms with van der Waals surface area (Å²) in [6.45, 7) is 2.29. The van der Waals surface area contributed by atoms with E-state index in [0.717, 1.165) is 42.6 Å². The van der Waals surface area contributed by atoms with Crippen LogP contribution in [0, 0.1) is 0 Å². The Balaban J connectivity index is 1.33. The maximum Gasteiger partial charge on any atom is 0.272 e. The lowest BCUT2D eigenvalue weighted by Crippen LogP contribution is -2.29. The van der Waals surface area contributed by atoms with Crippen LogP contribution >= 0.6 is 0 Å². The summed E-state index contributed by atoms with van der Waals surface area (Å²) >= 11 is 0. The molecule has 1 aliphatic heterocycles. The van der Waals surface area contributed by atoms with E-state index in [2.05, 4.69) is 50.2 Å². The summed E-state index contributed by atoms with van der Waals surface area (Å²) in [5.41, 5.74) is 5.07. The summed E-state index contributed by atoms with van der Waals surface area (Å²) < 4.78 is 0. The van der Waals surface area contributed by atoms with Gasteiger partial charge in [-0.3, -0.25) is 9.89 Å². The number of hydrogen-bond acceptors (Lipinski definition) is 3. The highest BCUT2D eigenvalue weighted by molar-refractivity contribution is 5.94. The minimum Gasteiger partial charge on any atom is -0.361 e. The van der Waals surface area contributed by atoms with Crippen LogP contribution in [0.5, 0.6) is 0 Å². The molecule has 6 heteroatoms. The van der Waals surface area contributed by atoms with Crippen molar-refractivity contribution in [1.82, 2.24) is 25.8 Å². The summed E-state index contributed by atoms with van der Waals surface area (Å²) in [5, 5.41) is 14.7. The molecular weight excluding hydrogens is 302 g/mol. The number of carbonyl (C=O) groups excluding carboxylic acids is 1. The Labute approximate surface area is 140 Å². The number of benzene rings is 1. The lowest BCUT2D eigenvalue weighted by molar-refractivity contribution is 0.0947. The van der Waals surface area contributed by atoms with E-state index in [1.807, 2.05) is 6.07 Å². The maximum atomic E-state index is 12.3.